The fraction of sp³-hybridized carbons (Fsp3) is 0.417. The van der Waals surface area contributed by atoms with E-state index in [-0.39, 0.29) is 14.7 Å². The van der Waals surface area contributed by atoms with Gasteiger partial charge >= 0.3 is 0 Å². The fourth-order valence-corrected chi connectivity index (χ4v) is 6.59. The predicted octanol–water partition coefficient (Wildman–Crippen LogP) is 3.56. The van der Waals surface area contributed by atoms with Gasteiger partial charge in [-0.15, -0.1) is 11.3 Å². The molecule has 0 fully saturated rings. The highest BCUT2D eigenvalue weighted by Crippen LogP contribution is 2.39. The number of aromatic nitrogens is 1. The summed E-state index contributed by atoms with van der Waals surface area (Å²) in [5.74, 6) is 0. The Kier molecular flexibility index (Phi) is 3.89. The summed E-state index contributed by atoms with van der Waals surface area (Å²) in [6, 6.07) is 1.95. The molecule has 1 aliphatic rings. The minimum absolute atomic E-state index is 0.0872. The molecule has 1 unspecified atom stereocenters. The van der Waals surface area contributed by atoms with E-state index >= 15 is 0 Å². The highest BCUT2D eigenvalue weighted by atomic mass is 35.5. The molecule has 0 aliphatic carbocycles. The summed E-state index contributed by atoms with van der Waals surface area (Å²) in [4.78, 5) is 5.14. The van der Waals surface area contributed by atoms with Crippen molar-refractivity contribution in [2.75, 3.05) is 6.54 Å². The van der Waals surface area contributed by atoms with E-state index in [0.717, 1.165) is 29.7 Å². The second-order valence-corrected chi connectivity index (χ2v) is 9.25. The Morgan fingerprint density at radius 2 is 2.35 bits per heavy atom. The maximum atomic E-state index is 12.7. The van der Waals surface area contributed by atoms with Crippen molar-refractivity contribution in [3.63, 3.8) is 0 Å². The quantitative estimate of drug-likeness (QED) is 0.852. The number of hydrogen-bond acceptors (Lipinski definition) is 5. The van der Waals surface area contributed by atoms with Crippen molar-refractivity contribution in [1.82, 2.24) is 9.29 Å². The smallest absolute Gasteiger partial charge is 0.232 e. The van der Waals surface area contributed by atoms with Crippen LogP contribution in [0.3, 0.4) is 0 Å². The van der Waals surface area contributed by atoms with Gasteiger partial charge in [-0.2, -0.15) is 4.31 Å². The van der Waals surface area contributed by atoms with Gasteiger partial charge < -0.3 is 0 Å². The van der Waals surface area contributed by atoms with Crippen LogP contribution < -0.4 is 0 Å². The maximum absolute atomic E-state index is 12.7. The van der Waals surface area contributed by atoms with Gasteiger partial charge in [0.2, 0.25) is 0 Å². The third-order valence-electron chi connectivity index (χ3n) is 3.45. The third kappa shape index (κ3) is 2.31. The Bertz CT molecular complexity index is 723. The second-order valence-electron chi connectivity index (χ2n) is 4.52. The van der Waals surface area contributed by atoms with Crippen molar-refractivity contribution >= 4 is 44.3 Å². The van der Waals surface area contributed by atoms with Gasteiger partial charge in [-0.25, -0.2) is 13.4 Å². The number of fused-ring (bicyclic) bond motifs is 1. The Hall–Kier alpha value is -0.470. The van der Waals surface area contributed by atoms with Crippen LogP contribution in [0.4, 0.5) is 0 Å². The molecule has 3 heterocycles. The lowest BCUT2D eigenvalue weighted by atomic mass is 10.0. The molecule has 1 atom stereocenters. The van der Waals surface area contributed by atoms with Gasteiger partial charge in [0.15, 0.2) is 8.68 Å². The number of thiazole rings is 1. The van der Waals surface area contributed by atoms with Crippen molar-refractivity contribution in [2.24, 2.45) is 0 Å². The molecule has 8 heteroatoms. The number of halogens is 1. The van der Waals surface area contributed by atoms with E-state index in [1.165, 1.54) is 11.1 Å². The third-order valence-corrected chi connectivity index (χ3v) is 7.91. The Morgan fingerprint density at radius 1 is 1.55 bits per heavy atom. The monoisotopic (exact) mass is 348 g/mol. The van der Waals surface area contributed by atoms with Gasteiger partial charge in [0.1, 0.15) is 0 Å². The van der Waals surface area contributed by atoms with E-state index in [4.69, 9.17) is 11.6 Å². The molecule has 0 amide bonds. The summed E-state index contributed by atoms with van der Waals surface area (Å²) in [7, 11) is -3.51. The molecule has 20 heavy (non-hydrogen) atoms. The first-order valence-corrected chi connectivity index (χ1v) is 9.75. The van der Waals surface area contributed by atoms with E-state index < -0.39 is 10.0 Å². The maximum Gasteiger partial charge on any atom is 0.254 e. The molecule has 108 valence electrons. The number of sulfonamides is 1. The lowest BCUT2D eigenvalue weighted by Crippen LogP contribution is -2.38. The topological polar surface area (TPSA) is 50.3 Å². The average Bonchev–Trinajstić information content (AvgIpc) is 3.05. The van der Waals surface area contributed by atoms with E-state index in [1.807, 2.05) is 18.4 Å². The van der Waals surface area contributed by atoms with Crippen LogP contribution in [0.15, 0.2) is 21.9 Å². The standard InChI is InChI=1S/C12H13ClN2O2S3/c1-2-9-8-4-6-18-10(8)3-5-15(9)20(16,17)11-7-14-12(13)19-11/h4,6-7,9H,2-3,5H2,1H3. The van der Waals surface area contributed by atoms with Gasteiger partial charge in [0.25, 0.3) is 10.0 Å². The van der Waals surface area contributed by atoms with Gasteiger partial charge in [-0.1, -0.05) is 29.9 Å². The van der Waals surface area contributed by atoms with Crippen molar-refractivity contribution in [3.05, 3.63) is 32.6 Å². The van der Waals surface area contributed by atoms with Crippen LogP contribution in [0, 0.1) is 0 Å². The van der Waals surface area contributed by atoms with Crippen molar-refractivity contribution < 1.29 is 8.42 Å². The first-order chi connectivity index (χ1) is 9.54. The van der Waals surface area contributed by atoms with Crippen molar-refractivity contribution in [3.8, 4) is 0 Å². The zero-order valence-electron chi connectivity index (χ0n) is 10.7. The molecule has 2 aromatic heterocycles. The zero-order valence-corrected chi connectivity index (χ0v) is 13.9. The SMILES string of the molecule is CCC1c2ccsc2CCN1S(=O)(=O)c1cnc(Cl)s1. The average molecular weight is 349 g/mol. The van der Waals surface area contributed by atoms with Gasteiger partial charge in [-0.3, -0.25) is 0 Å². The van der Waals surface area contributed by atoms with Gasteiger partial charge in [0, 0.05) is 11.4 Å². The van der Waals surface area contributed by atoms with Crippen LogP contribution in [-0.4, -0.2) is 24.3 Å². The minimum Gasteiger partial charge on any atom is -0.232 e. The molecule has 0 saturated heterocycles. The molecule has 1 aliphatic heterocycles. The largest absolute Gasteiger partial charge is 0.254 e. The number of thiophene rings is 1. The van der Waals surface area contributed by atoms with Crippen molar-refractivity contribution in [2.45, 2.75) is 30.0 Å². The molecule has 0 saturated carbocycles. The van der Waals surface area contributed by atoms with Crippen molar-refractivity contribution in [1.29, 1.82) is 0 Å². The van der Waals surface area contributed by atoms with Gasteiger partial charge in [-0.05, 0) is 29.9 Å². The zero-order chi connectivity index (χ0) is 14.3. The second kappa shape index (κ2) is 5.38. The molecule has 3 rings (SSSR count). The summed E-state index contributed by atoms with van der Waals surface area (Å²) >= 11 is 8.48. The minimum atomic E-state index is -3.51. The fourth-order valence-electron chi connectivity index (χ4n) is 2.56. The van der Waals surface area contributed by atoms with Crippen LogP contribution in [-0.2, 0) is 16.4 Å². The molecule has 4 nitrogen and oxygen atoms in total. The van der Waals surface area contributed by atoms with Gasteiger partial charge in [0.05, 0.1) is 12.2 Å². The summed E-state index contributed by atoms with van der Waals surface area (Å²) in [5.41, 5.74) is 1.14. The van der Waals surface area contributed by atoms with E-state index in [1.54, 1.807) is 15.6 Å². The predicted molar refractivity (Wildman–Crippen MR) is 82.1 cm³/mol. The molecule has 2 aromatic rings. The number of hydrogen-bond donors (Lipinski definition) is 0. The molecule has 0 N–H and O–H groups in total. The summed E-state index contributed by atoms with van der Waals surface area (Å²) in [6.45, 7) is 2.53. The normalized spacial score (nSPS) is 20.0. The van der Waals surface area contributed by atoms with E-state index in [2.05, 4.69) is 4.98 Å². The summed E-state index contributed by atoms with van der Waals surface area (Å²) in [6.07, 6.45) is 2.88. The lowest BCUT2D eigenvalue weighted by Gasteiger charge is -2.33. The Labute approximate surface area is 131 Å². The highest BCUT2D eigenvalue weighted by molar-refractivity contribution is 7.91. The number of rotatable bonds is 3. The van der Waals surface area contributed by atoms with Crippen LogP contribution in [0.5, 0.6) is 0 Å². The number of nitrogens with zero attached hydrogens (tertiary/aromatic N) is 2. The summed E-state index contributed by atoms with van der Waals surface area (Å²) in [5, 5.41) is 2.03. The van der Waals surface area contributed by atoms with E-state index in [9.17, 15) is 8.42 Å². The van der Waals surface area contributed by atoms with Crippen LogP contribution in [0.2, 0.25) is 4.47 Å². The van der Waals surface area contributed by atoms with Crippen LogP contribution in [0.25, 0.3) is 0 Å². The lowest BCUT2D eigenvalue weighted by molar-refractivity contribution is 0.304. The molecular formula is C12H13ClN2O2S3. The Balaban J connectivity index is 2.02. The van der Waals surface area contributed by atoms with Crippen LogP contribution >= 0.6 is 34.3 Å². The molecular weight excluding hydrogens is 336 g/mol. The molecule has 0 bridgehead atoms. The molecule has 0 aromatic carbocycles. The molecule has 0 radical (unpaired) electrons. The first-order valence-electron chi connectivity index (χ1n) is 6.23. The van der Waals surface area contributed by atoms with E-state index in [0.29, 0.717) is 6.54 Å². The Morgan fingerprint density at radius 3 is 3.00 bits per heavy atom. The first kappa shape index (κ1) is 14.5. The van der Waals surface area contributed by atoms with Crippen LogP contribution in [0.1, 0.15) is 29.8 Å². The highest BCUT2D eigenvalue weighted by Gasteiger charge is 2.36. The summed E-state index contributed by atoms with van der Waals surface area (Å²) < 4.78 is 27.6. The molecule has 0 spiro atoms.